The van der Waals surface area contributed by atoms with Gasteiger partial charge in [0, 0.05) is 11.1 Å². The molecule has 4 nitrogen and oxygen atoms in total. The number of benzene rings is 9. The summed E-state index contributed by atoms with van der Waals surface area (Å²) in [5, 5.41) is 9.61. The van der Waals surface area contributed by atoms with Crippen LogP contribution in [0.4, 0.5) is 0 Å². The summed E-state index contributed by atoms with van der Waals surface area (Å²) in [6.07, 6.45) is 0. The second kappa shape index (κ2) is 16.2. The number of fused-ring (bicyclic) bond motifs is 6. The Balaban J connectivity index is 0.979. The molecule has 60 heavy (non-hydrogen) atoms. The molecule has 0 spiro atoms. The molecule has 9 aromatic rings. The van der Waals surface area contributed by atoms with Crippen LogP contribution in [0.25, 0.3) is 21.5 Å². The van der Waals surface area contributed by atoms with Gasteiger partial charge in [0.25, 0.3) is 0 Å². The van der Waals surface area contributed by atoms with E-state index in [0.717, 1.165) is 55.1 Å². The highest BCUT2D eigenvalue weighted by Gasteiger charge is 2.43. The first-order valence-corrected chi connectivity index (χ1v) is 23.1. The van der Waals surface area contributed by atoms with E-state index in [4.69, 9.17) is 18.6 Å². The third-order valence-corrected chi connectivity index (χ3v) is 16.5. The summed E-state index contributed by atoms with van der Waals surface area (Å²) in [4.78, 5) is 0. The standard InChI is InChI=1S/C52H38B2O4P2/c1-5-19-41(20-6-1)59(42-21-7-2-8-22-42)51-49-45-27-15-13-17-37(45)29-35-47(49)55-53(57-51)39-31-33-40(34-32-39)54-56-48-36-30-38-18-14-16-28-46(38)50(48)52(58-54)60(43-23-9-3-10-24-43)44-25-11-4-12-26-44/h1-36,51-52H. The molecule has 2 atom stereocenters. The number of hydrogen-bond donors (Lipinski definition) is 0. The molecule has 0 saturated heterocycles. The van der Waals surface area contributed by atoms with Crippen molar-refractivity contribution in [2.75, 3.05) is 0 Å². The quantitative estimate of drug-likeness (QED) is 0.113. The smallest absolute Gasteiger partial charge is 0.532 e. The molecule has 0 amide bonds. The van der Waals surface area contributed by atoms with Gasteiger partial charge in [0.1, 0.15) is 23.2 Å². The van der Waals surface area contributed by atoms with Gasteiger partial charge in [0.2, 0.25) is 0 Å². The van der Waals surface area contributed by atoms with Crippen LogP contribution in [-0.4, -0.2) is 14.2 Å². The first-order chi connectivity index (χ1) is 29.8. The van der Waals surface area contributed by atoms with Gasteiger partial charge >= 0.3 is 14.2 Å². The number of rotatable bonds is 8. The average Bonchev–Trinajstić information content (AvgIpc) is 3.32. The lowest BCUT2D eigenvalue weighted by atomic mass is 9.72. The van der Waals surface area contributed by atoms with Crippen LogP contribution in [0.3, 0.4) is 0 Å². The Labute approximate surface area is 353 Å². The van der Waals surface area contributed by atoms with Crippen molar-refractivity contribution in [1.29, 1.82) is 0 Å². The maximum absolute atomic E-state index is 7.24. The van der Waals surface area contributed by atoms with Crippen molar-refractivity contribution in [1.82, 2.24) is 0 Å². The fourth-order valence-electron chi connectivity index (χ4n) is 8.60. The normalized spacial score (nSPS) is 16.0. The zero-order chi connectivity index (χ0) is 39.8. The Hall–Kier alpha value is -5.99. The van der Waals surface area contributed by atoms with Gasteiger partial charge in [0.05, 0.1) is 0 Å². The maximum Gasteiger partial charge on any atom is 0.563 e. The van der Waals surface area contributed by atoms with E-state index in [0.29, 0.717) is 0 Å². The minimum atomic E-state index is -0.990. The van der Waals surface area contributed by atoms with Gasteiger partial charge in [0.15, 0.2) is 0 Å². The van der Waals surface area contributed by atoms with E-state index in [-0.39, 0.29) is 11.7 Å². The predicted molar refractivity (Wildman–Crippen MR) is 252 cm³/mol. The molecule has 2 aliphatic heterocycles. The van der Waals surface area contributed by atoms with Gasteiger partial charge < -0.3 is 18.6 Å². The Morgan fingerprint density at radius 2 is 0.633 bits per heavy atom. The van der Waals surface area contributed by atoms with E-state index < -0.39 is 30.1 Å². The van der Waals surface area contributed by atoms with E-state index in [1.54, 1.807) is 0 Å². The lowest BCUT2D eigenvalue weighted by Gasteiger charge is -2.37. The van der Waals surface area contributed by atoms with Crippen molar-refractivity contribution in [3.8, 4) is 11.5 Å². The van der Waals surface area contributed by atoms with Crippen LogP contribution in [0.5, 0.6) is 11.5 Å². The van der Waals surface area contributed by atoms with E-state index in [1.807, 2.05) is 0 Å². The van der Waals surface area contributed by atoms with E-state index in [2.05, 4.69) is 218 Å². The third-order valence-electron chi connectivity index (χ3n) is 11.4. The molecule has 2 aliphatic rings. The van der Waals surface area contributed by atoms with Gasteiger partial charge in [-0.2, -0.15) is 0 Å². The summed E-state index contributed by atoms with van der Waals surface area (Å²) >= 11 is 0. The highest BCUT2D eigenvalue weighted by molar-refractivity contribution is 7.73. The van der Waals surface area contributed by atoms with Crippen molar-refractivity contribution in [3.05, 3.63) is 230 Å². The van der Waals surface area contributed by atoms with Crippen LogP contribution in [0.1, 0.15) is 22.8 Å². The third kappa shape index (κ3) is 6.90. The Kier molecular flexibility index (Phi) is 10.0. The molecule has 286 valence electrons. The van der Waals surface area contributed by atoms with Crippen LogP contribution in [0.2, 0.25) is 0 Å². The van der Waals surface area contributed by atoms with Crippen LogP contribution >= 0.6 is 15.8 Å². The summed E-state index contributed by atoms with van der Waals surface area (Å²) in [7, 11) is -3.25. The topological polar surface area (TPSA) is 36.9 Å². The van der Waals surface area contributed by atoms with E-state index >= 15 is 0 Å². The van der Waals surface area contributed by atoms with E-state index in [1.165, 1.54) is 21.2 Å². The van der Waals surface area contributed by atoms with Crippen LogP contribution in [0, 0.1) is 0 Å². The first kappa shape index (κ1) is 37.0. The summed E-state index contributed by atoms with van der Waals surface area (Å²) in [5.41, 5.74) is 4.03. The molecule has 0 fully saturated rings. The summed E-state index contributed by atoms with van der Waals surface area (Å²) in [6.45, 7) is 0. The fraction of sp³-hybridized carbons (Fsp3) is 0.0385. The zero-order valence-electron chi connectivity index (χ0n) is 32.6. The van der Waals surface area contributed by atoms with Gasteiger partial charge in [-0.05, 0) is 81.7 Å². The summed E-state index contributed by atoms with van der Waals surface area (Å²) in [6, 6.07) is 77.1. The van der Waals surface area contributed by atoms with Crippen LogP contribution in [-0.2, 0) is 9.31 Å². The van der Waals surface area contributed by atoms with Gasteiger partial charge in [-0.1, -0.05) is 206 Å². The largest absolute Gasteiger partial charge is 0.563 e. The minimum absolute atomic E-state index is 0.267. The van der Waals surface area contributed by atoms with Gasteiger partial charge in [-0.3, -0.25) is 0 Å². The van der Waals surface area contributed by atoms with Crippen LogP contribution in [0.15, 0.2) is 218 Å². The first-order valence-electron chi connectivity index (χ1n) is 20.3. The second-order valence-corrected chi connectivity index (χ2v) is 19.5. The molecule has 0 aliphatic carbocycles. The molecular weight excluding hydrogens is 772 g/mol. The second-order valence-electron chi connectivity index (χ2n) is 15.0. The van der Waals surface area contributed by atoms with Crippen molar-refractivity contribution in [2.45, 2.75) is 11.7 Å². The number of hydrogen-bond acceptors (Lipinski definition) is 4. The maximum atomic E-state index is 7.24. The Morgan fingerprint density at radius 3 is 0.983 bits per heavy atom. The molecule has 11 rings (SSSR count). The zero-order valence-corrected chi connectivity index (χ0v) is 34.4. The molecule has 0 saturated carbocycles. The lowest BCUT2D eigenvalue weighted by molar-refractivity contribution is 0.227. The van der Waals surface area contributed by atoms with Crippen molar-refractivity contribution >= 4 is 83.8 Å². The van der Waals surface area contributed by atoms with E-state index in [9.17, 15) is 0 Å². The fourth-order valence-corrected chi connectivity index (χ4v) is 13.8. The molecule has 0 bridgehead atoms. The Morgan fingerprint density at radius 1 is 0.317 bits per heavy atom. The monoisotopic (exact) mass is 810 g/mol. The molecule has 0 N–H and O–H groups in total. The molecule has 8 heteroatoms. The summed E-state index contributed by atoms with van der Waals surface area (Å²) < 4.78 is 28.1. The van der Waals surface area contributed by atoms with Crippen molar-refractivity contribution in [2.24, 2.45) is 0 Å². The molecular formula is C52H38B2O4P2. The van der Waals surface area contributed by atoms with Crippen molar-refractivity contribution in [3.63, 3.8) is 0 Å². The van der Waals surface area contributed by atoms with Gasteiger partial charge in [-0.15, -0.1) is 0 Å². The average molecular weight is 810 g/mol. The lowest BCUT2D eigenvalue weighted by Crippen LogP contribution is -2.47. The summed E-state index contributed by atoms with van der Waals surface area (Å²) in [5.74, 6) is 1.16. The minimum Gasteiger partial charge on any atom is -0.532 e. The van der Waals surface area contributed by atoms with Gasteiger partial charge in [-0.25, -0.2) is 0 Å². The van der Waals surface area contributed by atoms with Crippen LogP contribution < -0.4 is 41.5 Å². The highest BCUT2D eigenvalue weighted by atomic mass is 31.1. The molecule has 2 heterocycles. The predicted octanol–water partition coefficient (Wildman–Crippen LogP) is 9.86. The Bertz CT molecular complexity index is 2640. The van der Waals surface area contributed by atoms with Crippen molar-refractivity contribution < 1.29 is 18.6 Å². The highest BCUT2D eigenvalue weighted by Crippen LogP contribution is 2.57. The molecule has 2 unspecified atom stereocenters. The SMILES string of the molecule is c1ccc(P(c2ccccc2)C2OB(c3ccc(B4Oc5ccc6ccccc6c5C(P(c5ccccc5)c5ccccc5)O4)cc3)Oc3ccc4ccccc4c32)cc1. The molecule has 9 aromatic carbocycles. The molecule has 0 radical (unpaired) electrons. The molecule has 0 aromatic heterocycles.